The van der Waals surface area contributed by atoms with Crippen LogP contribution in [-0.4, -0.2) is 56.9 Å². The zero-order chi connectivity index (χ0) is 45.5. The molecule has 0 aliphatic carbocycles. The third-order valence-corrected chi connectivity index (χ3v) is 13.2. The largest absolute Gasteiger partial charge is 0.372 e. The fraction of sp³-hybridized carbons (Fsp3) is 0.276. The van der Waals surface area contributed by atoms with Crippen molar-refractivity contribution < 1.29 is 0 Å². The van der Waals surface area contributed by atoms with E-state index in [-0.39, 0.29) is 0 Å². The van der Waals surface area contributed by atoms with Gasteiger partial charge in [0.2, 0.25) is 0 Å². The van der Waals surface area contributed by atoms with E-state index in [1.54, 1.807) is 0 Å². The first kappa shape index (κ1) is 44.7. The van der Waals surface area contributed by atoms with Crippen LogP contribution in [0.25, 0.3) is 27.5 Å². The third kappa shape index (κ3) is 8.97. The number of hydrogen-bond acceptors (Lipinski definition) is 6. The van der Waals surface area contributed by atoms with Crippen molar-refractivity contribution in [1.82, 2.24) is 4.57 Å². The van der Waals surface area contributed by atoms with E-state index >= 15 is 0 Å². The van der Waals surface area contributed by atoms with Crippen LogP contribution in [0, 0.1) is 0 Å². The molecule has 0 saturated heterocycles. The summed E-state index contributed by atoms with van der Waals surface area (Å²) < 4.78 is 2.42. The molecule has 0 aliphatic rings. The minimum atomic E-state index is 0.969. The Balaban J connectivity index is 1.33. The van der Waals surface area contributed by atoms with E-state index in [1.807, 2.05) is 0 Å². The van der Waals surface area contributed by atoms with Crippen LogP contribution in [0.2, 0.25) is 0 Å². The van der Waals surface area contributed by atoms with Crippen LogP contribution in [0.5, 0.6) is 0 Å². The van der Waals surface area contributed by atoms with Crippen molar-refractivity contribution in [2.24, 2.45) is 0 Å². The van der Waals surface area contributed by atoms with Gasteiger partial charge in [0, 0.05) is 126 Å². The Morgan fingerprint density at radius 2 is 0.523 bits per heavy atom. The number of hydrogen-bond donors (Lipinski definition) is 0. The second-order valence-corrected chi connectivity index (χ2v) is 16.5. The van der Waals surface area contributed by atoms with Gasteiger partial charge in [0.25, 0.3) is 0 Å². The van der Waals surface area contributed by atoms with Gasteiger partial charge in [0.05, 0.1) is 11.0 Å². The summed E-state index contributed by atoms with van der Waals surface area (Å²) in [6.07, 6.45) is 0. The number of aromatic nitrogens is 1. The van der Waals surface area contributed by atoms with Gasteiger partial charge in [-0.05, 0) is 201 Å². The Labute approximate surface area is 388 Å². The topological polar surface area (TPSA) is 24.4 Å². The summed E-state index contributed by atoms with van der Waals surface area (Å²) in [7, 11) is 0. The summed E-state index contributed by atoms with van der Waals surface area (Å²) in [5.74, 6) is 0. The molecule has 0 unspecified atom stereocenters. The molecule has 0 N–H and O–H groups in total. The lowest BCUT2D eigenvalue weighted by Gasteiger charge is -2.28. The van der Waals surface area contributed by atoms with Crippen molar-refractivity contribution in [2.75, 3.05) is 81.8 Å². The average Bonchev–Trinajstić information content (AvgIpc) is 3.68. The molecule has 0 amide bonds. The second kappa shape index (κ2) is 20.3. The molecule has 7 aromatic carbocycles. The molecule has 0 atom stereocenters. The first-order valence-electron chi connectivity index (χ1n) is 24.0. The normalized spacial score (nSPS) is 11.3. The zero-order valence-corrected chi connectivity index (χ0v) is 39.9. The molecule has 0 spiro atoms. The van der Waals surface area contributed by atoms with Gasteiger partial charge in [-0.15, -0.1) is 0 Å². The van der Waals surface area contributed by atoms with E-state index in [2.05, 4.69) is 253 Å². The third-order valence-electron chi connectivity index (χ3n) is 13.2. The standard InChI is InChI=1S/C58H67N7/c1-9-59(10-2)44-22-30-49(31-23-44)63(50-32-24-45(25-33-50)60(11-3)12-4)53-38-40-57-55(42-53)56-43-54(39-41-58(56)65(57)48-20-18-17-19-21-48)64(51-34-26-46(27-35-51)61(13-5)14-6)52-36-28-47(29-37-52)62(15-7)16-8/h17-43H,9-16H2,1-8H3. The molecule has 334 valence electrons. The van der Waals surface area contributed by atoms with Crippen molar-refractivity contribution in [3.05, 3.63) is 164 Å². The highest BCUT2D eigenvalue weighted by Crippen LogP contribution is 2.44. The Bertz CT molecular complexity index is 2460. The van der Waals surface area contributed by atoms with Crippen LogP contribution in [-0.2, 0) is 0 Å². The minimum Gasteiger partial charge on any atom is -0.372 e. The smallest absolute Gasteiger partial charge is 0.0542 e. The van der Waals surface area contributed by atoms with Crippen LogP contribution in [0.3, 0.4) is 0 Å². The summed E-state index contributed by atoms with van der Waals surface area (Å²) in [5, 5.41) is 2.39. The fourth-order valence-electron chi connectivity index (χ4n) is 9.63. The first-order chi connectivity index (χ1) is 31.9. The number of anilines is 10. The molecule has 1 heterocycles. The van der Waals surface area contributed by atoms with E-state index in [9.17, 15) is 0 Å². The Morgan fingerprint density at radius 1 is 0.277 bits per heavy atom. The van der Waals surface area contributed by atoms with Gasteiger partial charge >= 0.3 is 0 Å². The maximum atomic E-state index is 2.42. The summed E-state index contributed by atoms with van der Waals surface area (Å²) in [4.78, 5) is 14.4. The average molecular weight is 862 g/mol. The number of nitrogens with zero attached hydrogens (tertiary/aromatic N) is 7. The van der Waals surface area contributed by atoms with Gasteiger partial charge in [-0.3, -0.25) is 0 Å². The predicted octanol–water partition coefficient (Wildman–Crippen LogP) is 15.1. The number of rotatable bonds is 19. The molecule has 7 heteroatoms. The van der Waals surface area contributed by atoms with Crippen LogP contribution < -0.4 is 29.4 Å². The lowest BCUT2D eigenvalue weighted by molar-refractivity contribution is 0.866. The summed E-state index contributed by atoms with van der Waals surface area (Å²) >= 11 is 0. The second-order valence-electron chi connectivity index (χ2n) is 16.5. The van der Waals surface area contributed by atoms with Crippen molar-refractivity contribution >= 4 is 78.7 Å². The monoisotopic (exact) mass is 862 g/mol. The van der Waals surface area contributed by atoms with Crippen LogP contribution >= 0.6 is 0 Å². The van der Waals surface area contributed by atoms with Gasteiger partial charge < -0.3 is 34.0 Å². The zero-order valence-electron chi connectivity index (χ0n) is 39.9. The molecular weight excluding hydrogens is 795 g/mol. The Hall–Kier alpha value is -6.86. The maximum Gasteiger partial charge on any atom is 0.0542 e. The molecule has 0 bridgehead atoms. The van der Waals surface area contributed by atoms with Gasteiger partial charge in [0.1, 0.15) is 0 Å². The van der Waals surface area contributed by atoms with E-state index in [1.165, 1.54) is 44.6 Å². The molecule has 0 fully saturated rings. The number of fused-ring (bicyclic) bond motifs is 3. The Morgan fingerprint density at radius 3 is 0.785 bits per heavy atom. The van der Waals surface area contributed by atoms with E-state index in [0.29, 0.717) is 0 Å². The minimum absolute atomic E-state index is 0.969. The van der Waals surface area contributed by atoms with E-state index in [0.717, 1.165) is 92.2 Å². The van der Waals surface area contributed by atoms with Crippen molar-refractivity contribution in [1.29, 1.82) is 0 Å². The van der Waals surface area contributed by atoms with E-state index < -0.39 is 0 Å². The highest BCUT2D eigenvalue weighted by Gasteiger charge is 2.21. The summed E-state index contributed by atoms with van der Waals surface area (Å²) in [6.45, 7) is 25.5. The van der Waals surface area contributed by atoms with Gasteiger partial charge in [-0.25, -0.2) is 0 Å². The van der Waals surface area contributed by atoms with E-state index in [4.69, 9.17) is 0 Å². The van der Waals surface area contributed by atoms with Crippen molar-refractivity contribution in [3.8, 4) is 5.69 Å². The predicted molar refractivity (Wildman–Crippen MR) is 284 cm³/mol. The van der Waals surface area contributed by atoms with Gasteiger partial charge in [0.15, 0.2) is 0 Å². The molecule has 7 nitrogen and oxygen atoms in total. The fourth-order valence-corrected chi connectivity index (χ4v) is 9.63. The van der Waals surface area contributed by atoms with Crippen molar-refractivity contribution in [2.45, 2.75) is 55.4 Å². The number of para-hydroxylation sites is 1. The van der Waals surface area contributed by atoms with Crippen LogP contribution in [0.15, 0.2) is 164 Å². The quantitative estimate of drug-likeness (QED) is 0.0803. The van der Waals surface area contributed by atoms with Gasteiger partial charge in [-0.2, -0.15) is 0 Å². The lowest BCUT2D eigenvalue weighted by atomic mass is 10.1. The van der Waals surface area contributed by atoms with Crippen LogP contribution in [0.1, 0.15) is 55.4 Å². The molecule has 0 radical (unpaired) electrons. The molecule has 8 aromatic rings. The Kier molecular flexibility index (Phi) is 14.0. The SMILES string of the molecule is CCN(CC)c1ccc(N(c2ccc(N(CC)CC)cc2)c2ccc3c(c2)c2cc(N(c4ccc(N(CC)CC)cc4)c4ccc(N(CC)CC)cc4)ccc2n3-c2ccccc2)cc1. The maximum absolute atomic E-state index is 2.42. The highest BCUT2D eigenvalue weighted by atomic mass is 15.2. The summed E-state index contributed by atoms with van der Waals surface area (Å²) in [6, 6.07) is 61.1. The van der Waals surface area contributed by atoms with Gasteiger partial charge in [-0.1, -0.05) is 18.2 Å². The molecule has 8 rings (SSSR count). The molecule has 0 saturated carbocycles. The molecule has 0 aliphatic heterocycles. The first-order valence-corrected chi connectivity index (χ1v) is 24.0. The highest BCUT2D eigenvalue weighted by molar-refractivity contribution is 6.12. The molecular formula is C58H67N7. The van der Waals surface area contributed by atoms with Crippen molar-refractivity contribution in [3.63, 3.8) is 0 Å². The van der Waals surface area contributed by atoms with Crippen LogP contribution in [0.4, 0.5) is 56.9 Å². The lowest BCUT2D eigenvalue weighted by Crippen LogP contribution is -2.22. The molecule has 1 aromatic heterocycles. The number of benzene rings is 7. The molecule has 65 heavy (non-hydrogen) atoms. The summed E-state index contributed by atoms with van der Waals surface area (Å²) in [5.41, 5.74) is 15.1.